The Balaban J connectivity index is 2.70. The maximum atomic E-state index is 12.4. The van der Waals surface area contributed by atoms with Crippen molar-refractivity contribution < 1.29 is 4.79 Å². The molecule has 1 amide bonds. The molecule has 100 valence electrons. The molecule has 1 rings (SSSR count). The maximum absolute atomic E-state index is 12.4. The van der Waals surface area contributed by atoms with Gasteiger partial charge in [0.2, 0.25) is 5.91 Å². The standard InChI is InChI=1S/C13H27N3O/c1-10(2)7-16-8-11(3)6-14-12(13(16)17)9-15(4)5/h10-12,14H,6-9H2,1-5H3. The third-order valence-corrected chi connectivity index (χ3v) is 2.99. The van der Waals surface area contributed by atoms with Gasteiger partial charge < -0.3 is 15.1 Å². The summed E-state index contributed by atoms with van der Waals surface area (Å²) >= 11 is 0. The maximum Gasteiger partial charge on any atom is 0.241 e. The summed E-state index contributed by atoms with van der Waals surface area (Å²) in [6.07, 6.45) is 0. The molecule has 0 saturated carbocycles. The van der Waals surface area contributed by atoms with E-state index in [1.54, 1.807) is 0 Å². The Morgan fingerprint density at radius 1 is 1.47 bits per heavy atom. The van der Waals surface area contributed by atoms with Crippen LogP contribution in [0.5, 0.6) is 0 Å². The van der Waals surface area contributed by atoms with E-state index in [0.29, 0.717) is 11.8 Å². The minimum atomic E-state index is -0.0475. The van der Waals surface area contributed by atoms with E-state index in [2.05, 4.69) is 31.0 Å². The smallest absolute Gasteiger partial charge is 0.241 e. The summed E-state index contributed by atoms with van der Waals surface area (Å²) in [4.78, 5) is 16.5. The van der Waals surface area contributed by atoms with E-state index in [4.69, 9.17) is 0 Å². The lowest BCUT2D eigenvalue weighted by Gasteiger charge is -2.27. The molecule has 1 heterocycles. The first-order chi connectivity index (χ1) is 7.90. The quantitative estimate of drug-likeness (QED) is 0.784. The number of likely N-dealkylation sites (N-methyl/N-ethyl adjacent to an activating group) is 1. The number of nitrogens with one attached hydrogen (secondary N) is 1. The fraction of sp³-hybridized carbons (Fsp3) is 0.923. The van der Waals surface area contributed by atoms with Gasteiger partial charge in [0.1, 0.15) is 0 Å². The summed E-state index contributed by atoms with van der Waals surface area (Å²) in [5.74, 6) is 1.32. The fourth-order valence-electron chi connectivity index (χ4n) is 2.29. The molecular weight excluding hydrogens is 214 g/mol. The molecule has 2 unspecified atom stereocenters. The molecule has 2 atom stereocenters. The average molecular weight is 241 g/mol. The Bertz CT molecular complexity index is 253. The van der Waals surface area contributed by atoms with E-state index in [1.165, 1.54) is 0 Å². The first kappa shape index (κ1) is 14.5. The van der Waals surface area contributed by atoms with Crippen molar-refractivity contribution in [3.05, 3.63) is 0 Å². The molecule has 1 fully saturated rings. The fourth-order valence-corrected chi connectivity index (χ4v) is 2.29. The number of hydrogen-bond donors (Lipinski definition) is 1. The van der Waals surface area contributed by atoms with Gasteiger partial charge >= 0.3 is 0 Å². The van der Waals surface area contributed by atoms with E-state index in [9.17, 15) is 4.79 Å². The summed E-state index contributed by atoms with van der Waals surface area (Å²) in [7, 11) is 4.02. The zero-order valence-corrected chi connectivity index (χ0v) is 11.9. The number of carbonyl (C=O) groups is 1. The van der Waals surface area contributed by atoms with Gasteiger partial charge in [-0.05, 0) is 25.9 Å². The largest absolute Gasteiger partial charge is 0.341 e. The van der Waals surface area contributed by atoms with Gasteiger partial charge in [-0.25, -0.2) is 0 Å². The van der Waals surface area contributed by atoms with Crippen molar-refractivity contribution in [3.63, 3.8) is 0 Å². The predicted molar refractivity (Wildman–Crippen MR) is 70.9 cm³/mol. The molecule has 0 aromatic carbocycles. The zero-order valence-electron chi connectivity index (χ0n) is 11.9. The molecule has 17 heavy (non-hydrogen) atoms. The van der Waals surface area contributed by atoms with E-state index < -0.39 is 0 Å². The molecule has 0 radical (unpaired) electrons. The van der Waals surface area contributed by atoms with Crippen molar-refractivity contribution >= 4 is 5.91 Å². The van der Waals surface area contributed by atoms with Crippen molar-refractivity contribution in [1.29, 1.82) is 0 Å². The Kier molecular flexibility index (Phi) is 5.40. The summed E-state index contributed by atoms with van der Waals surface area (Å²) in [5, 5.41) is 3.38. The van der Waals surface area contributed by atoms with Crippen LogP contribution in [0.15, 0.2) is 0 Å². The number of carbonyl (C=O) groups excluding carboxylic acids is 1. The van der Waals surface area contributed by atoms with Gasteiger partial charge in [0, 0.05) is 26.2 Å². The molecule has 4 nitrogen and oxygen atoms in total. The van der Waals surface area contributed by atoms with Crippen LogP contribution in [-0.2, 0) is 4.79 Å². The van der Waals surface area contributed by atoms with Crippen molar-refractivity contribution in [2.24, 2.45) is 11.8 Å². The van der Waals surface area contributed by atoms with Crippen molar-refractivity contribution in [1.82, 2.24) is 15.1 Å². The molecule has 1 N–H and O–H groups in total. The van der Waals surface area contributed by atoms with Crippen LogP contribution < -0.4 is 5.32 Å². The third kappa shape index (κ3) is 4.64. The predicted octanol–water partition coefficient (Wildman–Crippen LogP) is 0.641. The highest BCUT2D eigenvalue weighted by atomic mass is 16.2. The summed E-state index contributed by atoms with van der Waals surface area (Å²) in [6, 6.07) is -0.0475. The van der Waals surface area contributed by atoms with Crippen LogP contribution in [0, 0.1) is 11.8 Å². The average Bonchev–Trinajstić information content (AvgIpc) is 2.30. The monoisotopic (exact) mass is 241 g/mol. The van der Waals surface area contributed by atoms with Crippen LogP contribution in [0.3, 0.4) is 0 Å². The first-order valence-electron chi connectivity index (χ1n) is 6.57. The van der Waals surface area contributed by atoms with E-state index in [-0.39, 0.29) is 11.9 Å². The lowest BCUT2D eigenvalue weighted by atomic mass is 10.1. The van der Waals surface area contributed by atoms with Gasteiger partial charge in [0.15, 0.2) is 0 Å². The normalized spacial score (nSPS) is 26.8. The summed E-state index contributed by atoms with van der Waals surface area (Å²) in [5.41, 5.74) is 0. The van der Waals surface area contributed by atoms with Crippen molar-refractivity contribution in [2.75, 3.05) is 40.3 Å². The van der Waals surface area contributed by atoms with Gasteiger partial charge in [-0.1, -0.05) is 20.8 Å². The van der Waals surface area contributed by atoms with Crippen LogP contribution in [0.2, 0.25) is 0 Å². The third-order valence-electron chi connectivity index (χ3n) is 2.99. The zero-order chi connectivity index (χ0) is 13.0. The van der Waals surface area contributed by atoms with Gasteiger partial charge in [0.05, 0.1) is 6.04 Å². The van der Waals surface area contributed by atoms with Crippen molar-refractivity contribution in [2.45, 2.75) is 26.8 Å². The minimum Gasteiger partial charge on any atom is -0.341 e. The van der Waals surface area contributed by atoms with Gasteiger partial charge in [-0.2, -0.15) is 0 Å². The highest BCUT2D eigenvalue weighted by Gasteiger charge is 2.29. The molecule has 1 aliphatic heterocycles. The molecule has 1 saturated heterocycles. The van der Waals surface area contributed by atoms with E-state index >= 15 is 0 Å². The Hall–Kier alpha value is -0.610. The number of amides is 1. The van der Waals surface area contributed by atoms with Gasteiger partial charge in [-0.3, -0.25) is 4.79 Å². The molecular formula is C13H27N3O. The highest BCUT2D eigenvalue weighted by molar-refractivity contribution is 5.82. The molecule has 0 aromatic rings. The molecule has 4 heteroatoms. The van der Waals surface area contributed by atoms with Crippen LogP contribution in [0.4, 0.5) is 0 Å². The molecule has 0 spiro atoms. The minimum absolute atomic E-state index is 0.0475. The number of nitrogens with zero attached hydrogens (tertiary/aromatic N) is 2. The Morgan fingerprint density at radius 3 is 2.65 bits per heavy atom. The molecule has 0 bridgehead atoms. The SMILES string of the molecule is CC(C)CN1CC(C)CNC(CN(C)C)C1=O. The molecule has 0 aliphatic carbocycles. The van der Waals surface area contributed by atoms with Crippen LogP contribution in [0.25, 0.3) is 0 Å². The second kappa shape index (κ2) is 6.36. The lowest BCUT2D eigenvalue weighted by molar-refractivity contribution is -0.133. The molecule has 0 aromatic heterocycles. The van der Waals surface area contributed by atoms with E-state index in [1.807, 2.05) is 19.0 Å². The first-order valence-corrected chi connectivity index (χ1v) is 6.57. The van der Waals surface area contributed by atoms with Crippen molar-refractivity contribution in [3.8, 4) is 0 Å². The number of rotatable bonds is 4. The topological polar surface area (TPSA) is 35.6 Å². The van der Waals surface area contributed by atoms with Crippen LogP contribution >= 0.6 is 0 Å². The summed E-state index contributed by atoms with van der Waals surface area (Å²) < 4.78 is 0. The summed E-state index contributed by atoms with van der Waals surface area (Å²) in [6.45, 7) is 9.99. The Labute approximate surface area is 105 Å². The highest BCUT2D eigenvalue weighted by Crippen LogP contribution is 2.10. The number of hydrogen-bond acceptors (Lipinski definition) is 3. The van der Waals surface area contributed by atoms with Gasteiger partial charge in [-0.15, -0.1) is 0 Å². The van der Waals surface area contributed by atoms with Crippen LogP contribution in [0.1, 0.15) is 20.8 Å². The Morgan fingerprint density at radius 2 is 2.12 bits per heavy atom. The van der Waals surface area contributed by atoms with Gasteiger partial charge in [0.25, 0.3) is 0 Å². The second-order valence-electron chi connectivity index (χ2n) is 5.97. The van der Waals surface area contributed by atoms with E-state index in [0.717, 1.165) is 26.2 Å². The molecule has 1 aliphatic rings. The van der Waals surface area contributed by atoms with Crippen LogP contribution in [-0.4, -0.2) is 62.0 Å². The second-order valence-corrected chi connectivity index (χ2v) is 5.97. The lowest BCUT2D eigenvalue weighted by Crippen LogP contribution is -2.49.